The first-order valence-corrected chi connectivity index (χ1v) is 10.3. The molecule has 1 saturated carbocycles. The highest BCUT2D eigenvalue weighted by Gasteiger charge is 2.31. The van der Waals surface area contributed by atoms with Crippen molar-refractivity contribution >= 4 is 27.7 Å². The summed E-state index contributed by atoms with van der Waals surface area (Å²) in [6.07, 6.45) is 4.25. The number of nitrogens with zero attached hydrogens (tertiary/aromatic N) is 3. The number of aromatic nitrogens is 2. The average Bonchev–Trinajstić information content (AvgIpc) is 3.41. The number of amides is 1. The Bertz CT molecular complexity index is 805. The van der Waals surface area contributed by atoms with Crippen LogP contribution in [0.25, 0.3) is 0 Å². The molecule has 1 amide bonds. The summed E-state index contributed by atoms with van der Waals surface area (Å²) in [6, 6.07) is 10.4. The van der Waals surface area contributed by atoms with Gasteiger partial charge in [0.25, 0.3) is 0 Å². The van der Waals surface area contributed by atoms with Crippen LogP contribution in [-0.4, -0.2) is 46.8 Å². The van der Waals surface area contributed by atoms with E-state index in [0.717, 1.165) is 22.4 Å². The monoisotopic (exact) mass is 432 g/mol. The molecular weight excluding hydrogens is 408 g/mol. The number of halogens is 1. The Hall–Kier alpha value is -1.70. The largest absolute Gasteiger partial charge is 0.371 e. The summed E-state index contributed by atoms with van der Waals surface area (Å²) in [5, 5.41) is 7.44. The van der Waals surface area contributed by atoms with Crippen LogP contribution in [0.4, 0.5) is 5.82 Å². The first-order valence-electron chi connectivity index (χ1n) is 9.53. The number of nitrogens with one attached hydrogen (secondary N) is 1. The molecule has 1 saturated heterocycles. The van der Waals surface area contributed by atoms with Gasteiger partial charge in [-0.05, 0) is 43.4 Å². The van der Waals surface area contributed by atoms with E-state index in [1.165, 1.54) is 12.8 Å². The molecule has 6 nitrogen and oxygen atoms in total. The van der Waals surface area contributed by atoms with E-state index in [-0.39, 0.29) is 12.0 Å². The molecule has 0 radical (unpaired) electrons. The first-order chi connectivity index (χ1) is 13.1. The van der Waals surface area contributed by atoms with E-state index in [0.29, 0.717) is 31.7 Å². The summed E-state index contributed by atoms with van der Waals surface area (Å²) in [7, 11) is 0. The van der Waals surface area contributed by atoms with Crippen LogP contribution in [-0.2, 0) is 9.53 Å². The first kappa shape index (κ1) is 18.7. The maximum absolute atomic E-state index is 12.6. The lowest BCUT2D eigenvalue weighted by molar-refractivity contribution is -0.119. The van der Waals surface area contributed by atoms with Crippen LogP contribution in [0.5, 0.6) is 0 Å². The quantitative estimate of drug-likeness (QED) is 0.756. The van der Waals surface area contributed by atoms with E-state index in [1.807, 2.05) is 22.9 Å². The van der Waals surface area contributed by atoms with Crippen molar-refractivity contribution in [2.75, 3.05) is 31.6 Å². The Kier molecular flexibility index (Phi) is 5.61. The van der Waals surface area contributed by atoms with Gasteiger partial charge in [0, 0.05) is 23.6 Å². The number of morpholine rings is 1. The molecule has 1 N–H and O–H groups in total. The highest BCUT2D eigenvalue weighted by atomic mass is 79.9. The number of carbonyl (C=O) groups is 1. The van der Waals surface area contributed by atoms with Crippen LogP contribution in [0, 0.1) is 5.92 Å². The molecule has 2 unspecified atom stereocenters. The zero-order valence-corrected chi connectivity index (χ0v) is 17.1. The van der Waals surface area contributed by atoms with E-state index < -0.39 is 0 Å². The summed E-state index contributed by atoms with van der Waals surface area (Å²) in [6.45, 7) is 4.63. The molecule has 2 aliphatic rings. The van der Waals surface area contributed by atoms with Crippen molar-refractivity contribution in [2.24, 2.45) is 5.92 Å². The lowest BCUT2D eigenvalue weighted by Crippen LogP contribution is -2.42. The van der Waals surface area contributed by atoms with Crippen molar-refractivity contribution < 1.29 is 9.53 Å². The highest BCUT2D eigenvalue weighted by Crippen LogP contribution is 2.40. The van der Waals surface area contributed by atoms with Gasteiger partial charge < -0.3 is 10.1 Å². The topological polar surface area (TPSA) is 59.4 Å². The fourth-order valence-electron chi connectivity index (χ4n) is 3.66. The van der Waals surface area contributed by atoms with Crippen LogP contribution in [0.2, 0.25) is 0 Å². The molecule has 2 atom stereocenters. The van der Waals surface area contributed by atoms with Crippen LogP contribution in [0.15, 0.2) is 41.0 Å². The fraction of sp³-hybridized carbons (Fsp3) is 0.500. The van der Waals surface area contributed by atoms with Crippen molar-refractivity contribution in [2.45, 2.75) is 31.9 Å². The second kappa shape index (κ2) is 8.12. The molecular formula is C20H25BrN4O2. The van der Waals surface area contributed by atoms with Crippen LogP contribution < -0.4 is 5.32 Å². The zero-order valence-electron chi connectivity index (χ0n) is 15.5. The normalized spacial score (nSPS) is 21.8. The van der Waals surface area contributed by atoms with E-state index in [9.17, 15) is 4.79 Å². The number of ether oxygens (including phenoxy) is 1. The third-order valence-corrected chi connectivity index (χ3v) is 5.86. The molecule has 1 aliphatic carbocycles. The van der Waals surface area contributed by atoms with E-state index in [1.54, 1.807) is 6.20 Å². The van der Waals surface area contributed by atoms with Crippen molar-refractivity contribution in [1.82, 2.24) is 14.7 Å². The molecule has 27 heavy (non-hydrogen) atoms. The highest BCUT2D eigenvalue weighted by molar-refractivity contribution is 9.10. The lowest BCUT2D eigenvalue weighted by atomic mass is 10.1. The smallest absolute Gasteiger partial charge is 0.239 e. The Balaban J connectivity index is 1.35. The molecule has 4 rings (SSSR count). The summed E-state index contributed by atoms with van der Waals surface area (Å²) in [4.78, 5) is 14.7. The minimum absolute atomic E-state index is 0.00496. The van der Waals surface area contributed by atoms with Gasteiger partial charge in [0.2, 0.25) is 5.91 Å². The van der Waals surface area contributed by atoms with Gasteiger partial charge in [-0.25, -0.2) is 4.68 Å². The Labute approximate surface area is 168 Å². The summed E-state index contributed by atoms with van der Waals surface area (Å²) in [5.74, 6) is 1.47. The maximum Gasteiger partial charge on any atom is 0.239 e. The average molecular weight is 433 g/mol. The SMILES string of the molecule is CC(C1CC1)n1nccc1NC(=O)CN1CCOC(c2cccc(Br)c2)C1. The maximum atomic E-state index is 12.6. The number of anilines is 1. The van der Waals surface area contributed by atoms with Gasteiger partial charge in [-0.2, -0.15) is 5.10 Å². The summed E-state index contributed by atoms with van der Waals surface area (Å²) >= 11 is 3.51. The predicted octanol–water partition coefficient (Wildman–Crippen LogP) is 3.63. The Morgan fingerprint density at radius 2 is 2.26 bits per heavy atom. The number of carbonyl (C=O) groups excluding carboxylic acids is 1. The van der Waals surface area contributed by atoms with Gasteiger partial charge in [-0.15, -0.1) is 0 Å². The molecule has 0 spiro atoms. The Morgan fingerprint density at radius 3 is 3.04 bits per heavy atom. The molecule has 2 aromatic rings. The fourth-order valence-corrected chi connectivity index (χ4v) is 4.07. The standard InChI is InChI=1S/C20H25BrN4O2/c1-14(15-5-6-15)25-19(7-8-22-25)23-20(26)13-24-9-10-27-18(12-24)16-3-2-4-17(21)11-16/h2-4,7-8,11,14-15,18H,5-6,9-10,12-13H2,1H3,(H,23,26). The van der Waals surface area contributed by atoms with E-state index >= 15 is 0 Å². The second-order valence-corrected chi connectivity index (χ2v) is 8.35. The van der Waals surface area contributed by atoms with Crippen LogP contribution in [0.1, 0.15) is 37.5 Å². The molecule has 1 aromatic heterocycles. The summed E-state index contributed by atoms with van der Waals surface area (Å²) < 4.78 is 8.89. The minimum Gasteiger partial charge on any atom is -0.371 e. The lowest BCUT2D eigenvalue weighted by Gasteiger charge is -2.32. The zero-order chi connectivity index (χ0) is 18.8. The van der Waals surface area contributed by atoms with Gasteiger partial charge in [-0.1, -0.05) is 28.1 Å². The molecule has 1 aromatic carbocycles. The van der Waals surface area contributed by atoms with Crippen LogP contribution >= 0.6 is 15.9 Å². The summed E-state index contributed by atoms with van der Waals surface area (Å²) in [5.41, 5.74) is 1.13. The van der Waals surface area contributed by atoms with Crippen molar-refractivity contribution in [3.05, 3.63) is 46.6 Å². The molecule has 2 heterocycles. The van der Waals surface area contributed by atoms with Crippen molar-refractivity contribution in [3.63, 3.8) is 0 Å². The number of hydrogen-bond acceptors (Lipinski definition) is 4. The van der Waals surface area contributed by atoms with E-state index in [2.05, 4.69) is 50.3 Å². The molecule has 0 bridgehead atoms. The van der Waals surface area contributed by atoms with Gasteiger partial charge in [0.15, 0.2) is 0 Å². The van der Waals surface area contributed by atoms with Gasteiger partial charge in [0.05, 0.1) is 31.5 Å². The third-order valence-electron chi connectivity index (χ3n) is 5.37. The van der Waals surface area contributed by atoms with Crippen molar-refractivity contribution in [1.29, 1.82) is 0 Å². The molecule has 1 aliphatic heterocycles. The molecule has 7 heteroatoms. The second-order valence-electron chi connectivity index (χ2n) is 7.44. The Morgan fingerprint density at radius 1 is 1.41 bits per heavy atom. The predicted molar refractivity (Wildman–Crippen MR) is 108 cm³/mol. The van der Waals surface area contributed by atoms with Crippen LogP contribution in [0.3, 0.4) is 0 Å². The van der Waals surface area contributed by atoms with Gasteiger partial charge in [0.1, 0.15) is 5.82 Å². The van der Waals surface area contributed by atoms with E-state index in [4.69, 9.17) is 4.74 Å². The number of rotatable bonds is 6. The third kappa shape index (κ3) is 4.59. The van der Waals surface area contributed by atoms with Gasteiger partial charge in [-0.3, -0.25) is 9.69 Å². The van der Waals surface area contributed by atoms with Gasteiger partial charge >= 0.3 is 0 Å². The minimum atomic E-state index is -0.00975. The van der Waals surface area contributed by atoms with Crippen molar-refractivity contribution in [3.8, 4) is 0 Å². The number of benzene rings is 1. The molecule has 144 valence electrons. The number of hydrogen-bond donors (Lipinski definition) is 1. The molecule has 2 fully saturated rings.